The molecular formula is C28H48N2O20. The summed E-state index contributed by atoms with van der Waals surface area (Å²) >= 11 is 0. The SMILES string of the molecule is CC(=O)N[C@@H]1[C@@H](O[C@@H]2O[C@H](CO)[C@H](O)[C@H](O[C@H]3O[C@H](CO)[C@H](O)[C@H](O)[C@H]3NC(C)=O)[C@H]2O[C@@H]2O[C@@H](C)[C@@H](O)[C@@H](O)[C@@H]2O)[C@@H](O)[C@@H](CO)O[C@@H]1O. The van der Waals surface area contributed by atoms with Gasteiger partial charge in [0.1, 0.15) is 91.4 Å². The van der Waals surface area contributed by atoms with E-state index in [1.54, 1.807) is 0 Å². The number of aliphatic hydroxyl groups excluding tert-OH is 11. The Morgan fingerprint density at radius 1 is 0.520 bits per heavy atom. The lowest BCUT2D eigenvalue weighted by molar-refractivity contribution is -0.396. The van der Waals surface area contributed by atoms with Gasteiger partial charge in [0.2, 0.25) is 11.8 Å². The predicted molar refractivity (Wildman–Crippen MR) is 156 cm³/mol. The minimum Gasteiger partial charge on any atom is -0.394 e. The summed E-state index contributed by atoms with van der Waals surface area (Å²) in [5.74, 6) is -1.42. The average molecular weight is 733 g/mol. The minimum absolute atomic E-state index is 0.707. The molecule has 4 saturated heterocycles. The van der Waals surface area contributed by atoms with Crippen molar-refractivity contribution >= 4 is 11.8 Å². The molecule has 0 aliphatic carbocycles. The van der Waals surface area contributed by atoms with Crippen LogP contribution >= 0.6 is 0 Å². The van der Waals surface area contributed by atoms with Crippen molar-refractivity contribution in [3.63, 3.8) is 0 Å². The Bertz CT molecular complexity index is 1130. The molecule has 0 aromatic carbocycles. The molecule has 20 atom stereocenters. The molecule has 0 radical (unpaired) electrons. The molecule has 22 heteroatoms. The van der Waals surface area contributed by atoms with Gasteiger partial charge in [-0.05, 0) is 6.92 Å². The predicted octanol–water partition coefficient (Wildman–Crippen LogP) is -8.43. The van der Waals surface area contributed by atoms with Gasteiger partial charge in [0.25, 0.3) is 0 Å². The van der Waals surface area contributed by atoms with E-state index < -0.39 is 154 Å². The van der Waals surface area contributed by atoms with E-state index in [1.807, 2.05) is 0 Å². The second-order valence-corrected chi connectivity index (χ2v) is 12.6. The second kappa shape index (κ2) is 17.4. The number of hydrogen-bond acceptors (Lipinski definition) is 20. The third kappa shape index (κ3) is 8.70. The highest BCUT2D eigenvalue weighted by molar-refractivity contribution is 5.73. The van der Waals surface area contributed by atoms with Gasteiger partial charge in [-0.25, -0.2) is 0 Å². The van der Waals surface area contributed by atoms with Gasteiger partial charge in [0.15, 0.2) is 25.2 Å². The van der Waals surface area contributed by atoms with Crippen LogP contribution in [0.5, 0.6) is 0 Å². The number of carbonyl (C=O) groups excluding carboxylic acids is 2. The Morgan fingerprint density at radius 2 is 1.00 bits per heavy atom. The Morgan fingerprint density at radius 3 is 1.58 bits per heavy atom. The van der Waals surface area contributed by atoms with Crippen molar-refractivity contribution in [2.45, 2.75) is 143 Å². The lowest BCUT2D eigenvalue weighted by Gasteiger charge is -2.51. The van der Waals surface area contributed by atoms with Crippen molar-refractivity contribution in [2.24, 2.45) is 0 Å². The third-order valence-corrected chi connectivity index (χ3v) is 8.97. The van der Waals surface area contributed by atoms with Crippen molar-refractivity contribution in [1.29, 1.82) is 0 Å². The van der Waals surface area contributed by atoms with Crippen LogP contribution in [0.1, 0.15) is 20.8 Å². The molecule has 2 amide bonds. The average Bonchev–Trinajstić information content (AvgIpc) is 3.07. The summed E-state index contributed by atoms with van der Waals surface area (Å²) < 4.78 is 40.3. The van der Waals surface area contributed by atoms with E-state index in [4.69, 9.17) is 33.2 Å². The lowest BCUT2D eigenvalue weighted by Crippen LogP contribution is -2.70. The maximum absolute atomic E-state index is 12.1. The fourth-order valence-electron chi connectivity index (χ4n) is 6.26. The highest BCUT2D eigenvalue weighted by atomic mass is 16.8. The molecule has 22 nitrogen and oxygen atoms in total. The zero-order valence-electron chi connectivity index (χ0n) is 27.3. The van der Waals surface area contributed by atoms with Crippen molar-refractivity contribution < 1.29 is 98.9 Å². The third-order valence-electron chi connectivity index (χ3n) is 8.97. The van der Waals surface area contributed by atoms with Gasteiger partial charge in [0, 0.05) is 13.8 Å². The van der Waals surface area contributed by atoms with E-state index in [2.05, 4.69) is 10.6 Å². The Balaban J connectivity index is 1.77. The standard InChI is InChI=1S/C28H48N2O20/c1-7-15(36)20(41)21(42)27(44-7)50-24-23(49-26-13(29-8(2)34)19(40)16(37)10(4-31)46-26)18(39)12(6-33)47-28(24)48-22-14(30-9(3)35)25(43)45-11(5-32)17(22)38/h7,10-28,31-33,36-43H,4-6H2,1-3H3,(H,29,34)(H,30,35)/t7-,10+,11+,12+,13+,14+,15+,16-,17-,18-,19+,20+,21-,22+,23-,24+,25-,26+,27-,28-/m0/s1. The first-order valence-corrected chi connectivity index (χ1v) is 15.9. The Hall–Kier alpha value is -1.78. The van der Waals surface area contributed by atoms with Crippen LogP contribution in [0.25, 0.3) is 0 Å². The minimum atomic E-state index is -1.95. The normalized spacial score (nSPS) is 48.5. The number of nitrogens with one attached hydrogen (secondary N) is 2. The summed E-state index contributed by atoms with van der Waals surface area (Å²) in [5, 5.41) is 120. The molecule has 0 unspecified atom stereocenters. The molecule has 0 aromatic heterocycles. The van der Waals surface area contributed by atoms with Gasteiger partial charge in [-0.1, -0.05) is 0 Å². The first-order valence-electron chi connectivity index (χ1n) is 15.9. The van der Waals surface area contributed by atoms with Crippen LogP contribution in [0.4, 0.5) is 0 Å². The molecule has 0 bridgehead atoms. The molecule has 4 aliphatic heterocycles. The molecule has 4 heterocycles. The maximum atomic E-state index is 12.1. The van der Waals surface area contributed by atoms with Gasteiger partial charge in [-0.15, -0.1) is 0 Å². The first-order chi connectivity index (χ1) is 23.5. The van der Waals surface area contributed by atoms with Crippen LogP contribution in [0.15, 0.2) is 0 Å². The highest BCUT2D eigenvalue weighted by Gasteiger charge is 2.56. The number of hydrogen-bond donors (Lipinski definition) is 13. The van der Waals surface area contributed by atoms with Crippen LogP contribution in [-0.4, -0.2) is 211 Å². The molecule has 50 heavy (non-hydrogen) atoms. The van der Waals surface area contributed by atoms with Crippen molar-refractivity contribution in [3.05, 3.63) is 0 Å². The van der Waals surface area contributed by atoms with Crippen LogP contribution in [0.2, 0.25) is 0 Å². The fraction of sp³-hybridized carbons (Fsp3) is 0.929. The molecule has 4 rings (SSSR count). The van der Waals surface area contributed by atoms with Crippen LogP contribution in [0, 0.1) is 0 Å². The zero-order chi connectivity index (χ0) is 37.2. The first kappa shape index (κ1) is 41.0. The molecule has 290 valence electrons. The van der Waals surface area contributed by atoms with E-state index in [-0.39, 0.29) is 0 Å². The van der Waals surface area contributed by atoms with E-state index >= 15 is 0 Å². The fourth-order valence-corrected chi connectivity index (χ4v) is 6.26. The number of rotatable bonds is 11. The molecule has 13 N–H and O–H groups in total. The van der Waals surface area contributed by atoms with Crippen molar-refractivity contribution in [1.82, 2.24) is 10.6 Å². The van der Waals surface area contributed by atoms with E-state index in [0.717, 1.165) is 13.8 Å². The van der Waals surface area contributed by atoms with Gasteiger partial charge in [0.05, 0.1) is 25.9 Å². The number of ether oxygens (including phenoxy) is 7. The Labute approximate surface area is 285 Å². The van der Waals surface area contributed by atoms with E-state index in [1.165, 1.54) is 6.92 Å². The van der Waals surface area contributed by atoms with Crippen molar-refractivity contribution in [3.8, 4) is 0 Å². The summed E-state index contributed by atoms with van der Waals surface area (Å²) in [6.45, 7) is 0.914. The van der Waals surface area contributed by atoms with Crippen molar-refractivity contribution in [2.75, 3.05) is 19.8 Å². The molecule has 0 aromatic rings. The van der Waals surface area contributed by atoms with Gasteiger partial charge in [-0.3, -0.25) is 9.59 Å². The second-order valence-electron chi connectivity index (χ2n) is 12.6. The van der Waals surface area contributed by atoms with Gasteiger partial charge in [-0.2, -0.15) is 0 Å². The topological polar surface area (TPSA) is 345 Å². The summed E-state index contributed by atoms with van der Waals surface area (Å²) in [5.41, 5.74) is 0. The Kier molecular flexibility index (Phi) is 14.2. The summed E-state index contributed by atoms with van der Waals surface area (Å²) in [4.78, 5) is 24.1. The molecule has 4 aliphatic rings. The quantitative estimate of drug-likeness (QED) is 0.0938. The summed E-state index contributed by atoms with van der Waals surface area (Å²) in [7, 11) is 0. The van der Waals surface area contributed by atoms with Crippen LogP contribution in [0.3, 0.4) is 0 Å². The maximum Gasteiger partial charge on any atom is 0.217 e. The van der Waals surface area contributed by atoms with Gasteiger partial charge < -0.3 is 100.0 Å². The van der Waals surface area contributed by atoms with Crippen LogP contribution < -0.4 is 10.6 Å². The van der Waals surface area contributed by atoms with E-state index in [0.29, 0.717) is 0 Å². The molecule has 4 fully saturated rings. The molecule has 0 spiro atoms. The number of aliphatic hydroxyl groups is 11. The molecule has 0 saturated carbocycles. The van der Waals surface area contributed by atoms with E-state index in [9.17, 15) is 65.8 Å². The smallest absolute Gasteiger partial charge is 0.217 e. The zero-order valence-corrected chi connectivity index (χ0v) is 27.3. The summed E-state index contributed by atoms with van der Waals surface area (Å²) in [6.07, 6.45) is -31.1. The number of carbonyl (C=O) groups is 2. The van der Waals surface area contributed by atoms with Gasteiger partial charge >= 0.3 is 0 Å². The largest absolute Gasteiger partial charge is 0.394 e. The lowest BCUT2D eigenvalue weighted by atomic mass is 9.94. The highest BCUT2D eigenvalue weighted by Crippen LogP contribution is 2.36. The summed E-state index contributed by atoms with van der Waals surface area (Å²) in [6, 6.07) is -3.09. The molecular weight excluding hydrogens is 684 g/mol. The van der Waals surface area contributed by atoms with Crippen LogP contribution in [-0.2, 0) is 42.7 Å². The number of amides is 2. The monoisotopic (exact) mass is 732 g/mol.